The summed E-state index contributed by atoms with van der Waals surface area (Å²) in [6.45, 7) is 1.75. The highest BCUT2D eigenvalue weighted by Gasteiger charge is 2.37. The van der Waals surface area contributed by atoms with Gasteiger partial charge in [0, 0.05) is 13.0 Å². The number of carbonyl (C=O) groups is 4. The predicted octanol–water partition coefficient (Wildman–Crippen LogP) is 0.275. The van der Waals surface area contributed by atoms with Crippen molar-refractivity contribution in [3.63, 3.8) is 0 Å². The number of nitrogens with one attached hydrogen (secondary N) is 2. The molecule has 1 aliphatic heterocycles. The van der Waals surface area contributed by atoms with Gasteiger partial charge in [0.2, 0.25) is 17.7 Å². The van der Waals surface area contributed by atoms with E-state index >= 15 is 0 Å². The monoisotopic (exact) mass is 512 g/mol. The first-order chi connectivity index (χ1) is 17.5. The van der Waals surface area contributed by atoms with Crippen molar-refractivity contribution in [1.82, 2.24) is 15.5 Å². The van der Waals surface area contributed by atoms with Crippen LogP contribution in [0.4, 0.5) is 0 Å². The third-order valence-electron chi connectivity index (χ3n) is 6.29. The van der Waals surface area contributed by atoms with Crippen molar-refractivity contribution in [3.8, 4) is 11.5 Å². The number of aliphatic carboxylic acids is 1. The number of carbonyl (C=O) groups excluding carboxylic acids is 3. The summed E-state index contributed by atoms with van der Waals surface area (Å²) in [4.78, 5) is 51.6. The van der Waals surface area contributed by atoms with Crippen molar-refractivity contribution in [3.05, 3.63) is 59.7 Å². The topological polar surface area (TPSA) is 182 Å². The lowest BCUT2D eigenvalue weighted by Crippen LogP contribution is -2.57. The van der Waals surface area contributed by atoms with Gasteiger partial charge in [0.25, 0.3) is 0 Å². The molecule has 1 aliphatic rings. The fourth-order valence-corrected chi connectivity index (χ4v) is 4.25. The van der Waals surface area contributed by atoms with Gasteiger partial charge in [0.15, 0.2) is 0 Å². The van der Waals surface area contributed by atoms with Gasteiger partial charge in [-0.2, -0.15) is 0 Å². The minimum atomic E-state index is -1.09. The minimum Gasteiger partial charge on any atom is -0.508 e. The molecule has 11 nitrogen and oxygen atoms in total. The number of likely N-dealkylation sites (tertiary alicyclic amines) is 1. The van der Waals surface area contributed by atoms with Gasteiger partial charge in [-0.3, -0.25) is 14.4 Å². The Morgan fingerprint density at radius 1 is 0.919 bits per heavy atom. The fraction of sp³-hybridized carbons (Fsp3) is 0.385. The molecule has 3 amide bonds. The van der Waals surface area contributed by atoms with Gasteiger partial charge >= 0.3 is 5.97 Å². The lowest BCUT2D eigenvalue weighted by atomic mass is 10.0. The van der Waals surface area contributed by atoms with Crippen LogP contribution in [0.5, 0.6) is 11.5 Å². The highest BCUT2D eigenvalue weighted by atomic mass is 16.4. The molecule has 4 atom stereocenters. The number of rotatable bonds is 10. The van der Waals surface area contributed by atoms with Crippen LogP contribution in [0.3, 0.4) is 0 Å². The molecule has 1 fully saturated rings. The number of carboxylic acid groups (broad SMARTS) is 1. The van der Waals surface area contributed by atoms with Crippen LogP contribution in [0.15, 0.2) is 48.5 Å². The standard InChI is InChI=1S/C26H32N4O7/c1-15(25(35)30-12-2-3-22(30)26(36)37)28-24(34)21(14-17-6-10-19(32)11-7-17)29-23(33)20(27)13-16-4-8-18(31)9-5-16/h4-11,15,20-22,31-32H,2-3,12-14,27H2,1H3,(H,28,34)(H,29,33)(H,36,37). The van der Waals surface area contributed by atoms with Crippen molar-refractivity contribution < 1.29 is 34.5 Å². The summed E-state index contributed by atoms with van der Waals surface area (Å²) in [6, 6.07) is 8.33. The highest BCUT2D eigenvalue weighted by molar-refractivity contribution is 5.94. The average molecular weight is 513 g/mol. The first kappa shape index (κ1) is 27.5. The van der Waals surface area contributed by atoms with Crippen molar-refractivity contribution in [2.24, 2.45) is 5.73 Å². The van der Waals surface area contributed by atoms with E-state index in [1.165, 1.54) is 36.1 Å². The Labute approximate surface area is 214 Å². The number of amides is 3. The molecule has 2 aromatic rings. The van der Waals surface area contributed by atoms with Crippen LogP contribution in [0, 0.1) is 0 Å². The lowest BCUT2D eigenvalue weighted by Gasteiger charge is -2.27. The number of hydrogen-bond acceptors (Lipinski definition) is 7. The molecule has 1 saturated heterocycles. The smallest absolute Gasteiger partial charge is 0.326 e. The van der Waals surface area contributed by atoms with Gasteiger partial charge in [-0.1, -0.05) is 24.3 Å². The van der Waals surface area contributed by atoms with Gasteiger partial charge in [0.05, 0.1) is 6.04 Å². The predicted molar refractivity (Wildman–Crippen MR) is 134 cm³/mol. The van der Waals surface area contributed by atoms with Crippen LogP contribution >= 0.6 is 0 Å². The van der Waals surface area contributed by atoms with Crippen molar-refractivity contribution in [2.45, 2.75) is 56.8 Å². The van der Waals surface area contributed by atoms with E-state index in [0.29, 0.717) is 18.4 Å². The summed E-state index contributed by atoms with van der Waals surface area (Å²) >= 11 is 0. The van der Waals surface area contributed by atoms with Crippen LogP contribution in [-0.2, 0) is 32.0 Å². The lowest BCUT2D eigenvalue weighted by molar-refractivity contribution is -0.149. The van der Waals surface area contributed by atoms with Crippen LogP contribution in [0.2, 0.25) is 0 Å². The first-order valence-corrected chi connectivity index (χ1v) is 12.0. The van der Waals surface area contributed by atoms with E-state index in [-0.39, 0.29) is 30.9 Å². The van der Waals surface area contributed by atoms with Crippen LogP contribution in [-0.4, -0.2) is 74.6 Å². The summed E-state index contributed by atoms with van der Waals surface area (Å²) in [5, 5.41) is 33.6. The van der Waals surface area contributed by atoms with Gasteiger partial charge in [-0.15, -0.1) is 0 Å². The quantitative estimate of drug-likeness (QED) is 0.262. The van der Waals surface area contributed by atoms with E-state index in [1.807, 2.05) is 0 Å². The van der Waals surface area contributed by atoms with E-state index in [4.69, 9.17) is 5.73 Å². The molecule has 3 rings (SSSR count). The summed E-state index contributed by atoms with van der Waals surface area (Å²) in [5.41, 5.74) is 7.44. The van der Waals surface area contributed by atoms with Crippen molar-refractivity contribution >= 4 is 23.7 Å². The molecule has 11 heteroatoms. The van der Waals surface area contributed by atoms with E-state index in [9.17, 15) is 34.5 Å². The Morgan fingerprint density at radius 3 is 2.00 bits per heavy atom. The number of phenolic OH excluding ortho intramolecular Hbond substituents is 2. The number of carboxylic acids is 1. The zero-order valence-electron chi connectivity index (χ0n) is 20.5. The number of aromatic hydroxyl groups is 2. The Hall–Kier alpha value is -4.12. The van der Waals surface area contributed by atoms with E-state index < -0.39 is 47.9 Å². The number of hydrogen-bond donors (Lipinski definition) is 6. The molecule has 0 aromatic heterocycles. The zero-order chi connectivity index (χ0) is 27.1. The van der Waals surface area contributed by atoms with E-state index in [0.717, 1.165) is 5.56 Å². The Morgan fingerprint density at radius 2 is 1.46 bits per heavy atom. The number of nitrogens with zero attached hydrogens (tertiary/aromatic N) is 1. The average Bonchev–Trinajstić information content (AvgIpc) is 3.36. The molecule has 0 radical (unpaired) electrons. The van der Waals surface area contributed by atoms with Crippen molar-refractivity contribution in [2.75, 3.05) is 6.54 Å². The molecule has 4 unspecified atom stereocenters. The SMILES string of the molecule is CC(NC(=O)C(Cc1ccc(O)cc1)NC(=O)C(N)Cc1ccc(O)cc1)C(=O)N1CCCC1C(=O)O. The summed E-state index contributed by atoms with van der Waals surface area (Å²) in [5.74, 6) is -2.70. The summed E-state index contributed by atoms with van der Waals surface area (Å²) < 4.78 is 0. The molecule has 2 aromatic carbocycles. The maximum Gasteiger partial charge on any atom is 0.326 e. The molecular weight excluding hydrogens is 480 g/mol. The fourth-order valence-electron chi connectivity index (χ4n) is 4.25. The second-order valence-electron chi connectivity index (χ2n) is 9.17. The van der Waals surface area contributed by atoms with Gasteiger partial charge in [-0.25, -0.2) is 4.79 Å². The molecule has 0 saturated carbocycles. The molecule has 0 aliphatic carbocycles. The van der Waals surface area contributed by atoms with E-state index in [1.54, 1.807) is 24.3 Å². The Kier molecular flexibility index (Phi) is 9.07. The van der Waals surface area contributed by atoms with Crippen LogP contribution in [0.25, 0.3) is 0 Å². The van der Waals surface area contributed by atoms with E-state index in [2.05, 4.69) is 10.6 Å². The van der Waals surface area contributed by atoms with Gasteiger partial charge in [-0.05, 0) is 61.6 Å². The minimum absolute atomic E-state index is 0.0440. The second kappa shape index (κ2) is 12.2. The molecule has 37 heavy (non-hydrogen) atoms. The number of benzene rings is 2. The molecule has 0 spiro atoms. The normalized spacial score (nSPS) is 17.5. The van der Waals surface area contributed by atoms with Crippen LogP contribution < -0.4 is 16.4 Å². The largest absolute Gasteiger partial charge is 0.508 e. The molecule has 7 N–H and O–H groups in total. The zero-order valence-corrected chi connectivity index (χ0v) is 20.5. The molecule has 0 bridgehead atoms. The summed E-state index contributed by atoms with van der Waals surface area (Å²) in [7, 11) is 0. The highest BCUT2D eigenvalue weighted by Crippen LogP contribution is 2.19. The maximum atomic E-state index is 13.2. The Balaban J connectivity index is 1.70. The van der Waals surface area contributed by atoms with Crippen LogP contribution in [0.1, 0.15) is 30.9 Å². The Bertz CT molecular complexity index is 1120. The van der Waals surface area contributed by atoms with Gasteiger partial charge < -0.3 is 36.6 Å². The number of nitrogens with two attached hydrogens (primary N) is 1. The molecular formula is C26H32N4O7. The molecule has 1 heterocycles. The maximum absolute atomic E-state index is 13.2. The first-order valence-electron chi connectivity index (χ1n) is 12.0. The van der Waals surface area contributed by atoms with Crippen molar-refractivity contribution in [1.29, 1.82) is 0 Å². The number of phenols is 2. The third kappa shape index (κ3) is 7.43. The summed E-state index contributed by atoms with van der Waals surface area (Å²) in [6.07, 6.45) is 1.13. The second-order valence-corrected chi connectivity index (χ2v) is 9.17. The third-order valence-corrected chi connectivity index (χ3v) is 6.29. The molecule has 198 valence electrons. The van der Waals surface area contributed by atoms with Gasteiger partial charge in [0.1, 0.15) is 29.6 Å².